The standard InChI is InChI=1S/C33H40O10/c1-16-14-33-29(41-21(6)36)17(2)15-32(33,43-33)28(37)18(3)26(40-20(5)35)23-24(31(23,7)8)27(25(16)39-19(4)34)42-30(38)22-12-10-9-11-13-22/h9-14,17-18,23-27,29H,15H2,1-8H3/b16-14+/t17-,18-,23+,24-,25-,26+,27?,29-,32+,33+/m1/s1. The molecule has 5 rings (SSSR count). The van der Waals surface area contributed by atoms with Gasteiger partial charge in [0, 0.05) is 32.6 Å². The SMILES string of the molecule is CC(=O)O[C@@H]1[C@@H]2[C@H](C(OC(=O)c3ccccc3)[C@H](OC(C)=O)/C(C)=C/[C@@]34O[C@@]3(C[C@@H](C)[C@H]4OC(C)=O)C(=O)[C@@H]1C)C2(C)C. The predicted octanol–water partition coefficient (Wildman–Crippen LogP) is 3.99. The number of hydrogen-bond donors (Lipinski definition) is 0. The highest BCUT2D eigenvalue weighted by atomic mass is 16.7. The molecule has 0 spiro atoms. The predicted molar refractivity (Wildman–Crippen MR) is 151 cm³/mol. The molecule has 1 aliphatic heterocycles. The fourth-order valence-electron chi connectivity index (χ4n) is 7.97. The van der Waals surface area contributed by atoms with Gasteiger partial charge in [-0.2, -0.15) is 0 Å². The van der Waals surface area contributed by atoms with E-state index in [4.69, 9.17) is 23.7 Å². The Bertz CT molecular complexity index is 1380. The molecule has 0 radical (unpaired) electrons. The summed E-state index contributed by atoms with van der Waals surface area (Å²) in [4.78, 5) is 65.0. The molecule has 1 saturated heterocycles. The van der Waals surface area contributed by atoms with Crippen molar-refractivity contribution in [1.29, 1.82) is 0 Å². The van der Waals surface area contributed by atoms with Crippen molar-refractivity contribution in [1.82, 2.24) is 0 Å². The van der Waals surface area contributed by atoms with E-state index in [1.54, 1.807) is 50.3 Å². The second-order valence-electron chi connectivity index (χ2n) is 13.2. The van der Waals surface area contributed by atoms with E-state index >= 15 is 0 Å². The van der Waals surface area contributed by atoms with Crippen LogP contribution in [0.5, 0.6) is 0 Å². The van der Waals surface area contributed by atoms with Crippen LogP contribution in [0.4, 0.5) is 0 Å². The third-order valence-corrected chi connectivity index (χ3v) is 9.82. The Hall–Kier alpha value is -3.53. The smallest absolute Gasteiger partial charge is 0.338 e. The van der Waals surface area contributed by atoms with Gasteiger partial charge in [0.05, 0.1) is 11.5 Å². The summed E-state index contributed by atoms with van der Waals surface area (Å²) in [5, 5.41) is 0. The monoisotopic (exact) mass is 596 g/mol. The molecule has 10 heteroatoms. The van der Waals surface area contributed by atoms with Crippen LogP contribution in [0.3, 0.4) is 0 Å². The second-order valence-corrected chi connectivity index (χ2v) is 13.2. The zero-order valence-electron chi connectivity index (χ0n) is 25.9. The maximum atomic E-state index is 14.4. The Morgan fingerprint density at radius 3 is 2.00 bits per heavy atom. The highest BCUT2D eigenvalue weighted by molar-refractivity contribution is 5.96. The molecule has 0 aromatic heterocycles. The van der Waals surface area contributed by atoms with E-state index in [0.29, 0.717) is 11.1 Å². The first kappa shape index (κ1) is 30.9. The van der Waals surface area contributed by atoms with E-state index in [1.165, 1.54) is 20.8 Å². The molecule has 0 amide bonds. The summed E-state index contributed by atoms with van der Waals surface area (Å²) in [5.41, 5.74) is -2.43. The number of hydrogen-bond acceptors (Lipinski definition) is 10. The first-order valence-electron chi connectivity index (χ1n) is 14.8. The van der Waals surface area contributed by atoms with Gasteiger partial charge in [0.1, 0.15) is 18.3 Å². The first-order valence-corrected chi connectivity index (χ1v) is 14.8. The molecular weight excluding hydrogens is 556 g/mol. The molecule has 4 aliphatic rings. The van der Waals surface area contributed by atoms with Crippen molar-refractivity contribution >= 4 is 29.7 Å². The average molecular weight is 597 g/mol. The van der Waals surface area contributed by atoms with Crippen molar-refractivity contribution in [2.45, 2.75) is 97.4 Å². The number of fused-ring (bicyclic) bond motifs is 1. The minimum absolute atomic E-state index is 0.239. The van der Waals surface area contributed by atoms with Crippen molar-refractivity contribution in [3.63, 3.8) is 0 Å². The quantitative estimate of drug-likeness (QED) is 0.212. The molecule has 1 unspecified atom stereocenters. The number of Topliss-reactive ketones (excluding diaryl/α,β-unsaturated/α-hetero) is 1. The summed E-state index contributed by atoms with van der Waals surface area (Å²) in [5.74, 6) is -4.43. The topological polar surface area (TPSA) is 135 Å². The number of carbonyl (C=O) groups excluding carboxylic acids is 5. The van der Waals surface area contributed by atoms with Crippen molar-refractivity contribution < 1.29 is 47.7 Å². The van der Waals surface area contributed by atoms with E-state index in [2.05, 4.69) is 0 Å². The van der Waals surface area contributed by atoms with Crippen molar-refractivity contribution in [3.05, 3.63) is 47.5 Å². The van der Waals surface area contributed by atoms with Crippen molar-refractivity contribution in [3.8, 4) is 0 Å². The maximum absolute atomic E-state index is 14.4. The lowest BCUT2D eigenvalue weighted by atomic mass is 9.80. The Kier molecular flexibility index (Phi) is 7.60. The van der Waals surface area contributed by atoms with Crippen molar-refractivity contribution in [2.75, 3.05) is 0 Å². The van der Waals surface area contributed by atoms with Crippen LogP contribution in [0, 0.1) is 29.1 Å². The van der Waals surface area contributed by atoms with Crippen LogP contribution in [0.15, 0.2) is 42.0 Å². The van der Waals surface area contributed by atoms with Gasteiger partial charge in [0.25, 0.3) is 0 Å². The molecule has 1 aromatic rings. The second kappa shape index (κ2) is 10.6. The van der Waals surface area contributed by atoms with Gasteiger partial charge in [-0.25, -0.2) is 4.79 Å². The minimum Gasteiger partial charge on any atom is -0.461 e. The lowest BCUT2D eigenvalue weighted by Crippen LogP contribution is -2.43. The highest BCUT2D eigenvalue weighted by Gasteiger charge is 2.84. The minimum atomic E-state index is -1.33. The number of carbonyl (C=O) groups is 5. The lowest BCUT2D eigenvalue weighted by molar-refractivity contribution is -0.154. The van der Waals surface area contributed by atoms with Crippen molar-refractivity contribution in [2.24, 2.45) is 29.1 Å². The Labute approximate surface area is 251 Å². The molecule has 2 saturated carbocycles. The van der Waals surface area contributed by atoms with Crippen LogP contribution in [0.1, 0.15) is 72.2 Å². The van der Waals surface area contributed by atoms with E-state index in [-0.39, 0.29) is 18.1 Å². The number of benzene rings is 1. The fourth-order valence-corrected chi connectivity index (χ4v) is 7.97. The molecular formula is C33H40O10. The molecule has 10 nitrogen and oxygen atoms in total. The normalized spacial score (nSPS) is 40.2. The number of ketones is 1. The number of ether oxygens (including phenoxy) is 5. The van der Waals surface area contributed by atoms with Gasteiger partial charge in [0.15, 0.2) is 23.1 Å². The zero-order chi connectivity index (χ0) is 31.6. The molecule has 1 heterocycles. The van der Waals surface area contributed by atoms with Crippen LogP contribution < -0.4 is 0 Å². The summed E-state index contributed by atoms with van der Waals surface area (Å²) < 4.78 is 30.1. The van der Waals surface area contributed by atoms with Gasteiger partial charge < -0.3 is 23.7 Å². The number of epoxide rings is 1. The van der Waals surface area contributed by atoms with Crippen LogP contribution in [-0.4, -0.2) is 65.3 Å². The summed E-state index contributed by atoms with van der Waals surface area (Å²) in [6.45, 7) is 13.1. The molecule has 3 aliphatic carbocycles. The van der Waals surface area contributed by atoms with Gasteiger partial charge in [0.2, 0.25) is 0 Å². The first-order chi connectivity index (χ1) is 20.1. The molecule has 3 fully saturated rings. The number of esters is 4. The van der Waals surface area contributed by atoms with Gasteiger partial charge in [-0.3, -0.25) is 19.2 Å². The molecule has 1 aromatic carbocycles. The van der Waals surface area contributed by atoms with E-state index in [1.807, 2.05) is 20.8 Å². The largest absolute Gasteiger partial charge is 0.461 e. The Morgan fingerprint density at radius 1 is 0.837 bits per heavy atom. The highest BCUT2D eigenvalue weighted by Crippen LogP contribution is 2.69. The van der Waals surface area contributed by atoms with E-state index in [0.717, 1.165) is 0 Å². The summed E-state index contributed by atoms with van der Waals surface area (Å²) in [6.07, 6.45) is -1.74. The van der Waals surface area contributed by atoms with Gasteiger partial charge in [-0.1, -0.05) is 45.9 Å². The third-order valence-electron chi connectivity index (χ3n) is 9.82. The van der Waals surface area contributed by atoms with Gasteiger partial charge in [-0.15, -0.1) is 0 Å². The van der Waals surface area contributed by atoms with Crippen LogP contribution in [0.25, 0.3) is 0 Å². The molecule has 43 heavy (non-hydrogen) atoms. The lowest BCUT2D eigenvalue weighted by Gasteiger charge is -2.30. The molecule has 232 valence electrons. The van der Waals surface area contributed by atoms with Crippen LogP contribution in [-0.2, 0) is 42.9 Å². The Morgan fingerprint density at radius 2 is 1.42 bits per heavy atom. The zero-order valence-corrected chi connectivity index (χ0v) is 25.9. The van der Waals surface area contributed by atoms with E-state index < -0.39 is 82.7 Å². The van der Waals surface area contributed by atoms with Crippen LogP contribution >= 0.6 is 0 Å². The summed E-state index contributed by atoms with van der Waals surface area (Å²) in [6, 6.07) is 8.48. The van der Waals surface area contributed by atoms with Gasteiger partial charge in [-0.05, 0) is 48.5 Å². The van der Waals surface area contributed by atoms with Crippen LogP contribution in [0.2, 0.25) is 0 Å². The summed E-state index contributed by atoms with van der Waals surface area (Å²) in [7, 11) is 0. The maximum Gasteiger partial charge on any atom is 0.338 e. The Balaban J connectivity index is 1.69. The fraction of sp³-hybridized carbons (Fsp3) is 0.606. The molecule has 10 atom stereocenters. The molecule has 0 bridgehead atoms. The number of rotatable bonds is 5. The third kappa shape index (κ3) is 4.97. The van der Waals surface area contributed by atoms with Gasteiger partial charge >= 0.3 is 23.9 Å². The average Bonchev–Trinajstić information content (AvgIpc) is 3.71. The van der Waals surface area contributed by atoms with E-state index in [9.17, 15) is 24.0 Å². The summed E-state index contributed by atoms with van der Waals surface area (Å²) >= 11 is 0. The molecule has 0 N–H and O–H groups in total.